The van der Waals surface area contributed by atoms with Gasteiger partial charge in [0, 0.05) is 16.9 Å². The lowest BCUT2D eigenvalue weighted by Crippen LogP contribution is -2.14. The Hall–Kier alpha value is -3.92. The van der Waals surface area contributed by atoms with Gasteiger partial charge in [0.1, 0.15) is 5.82 Å². The minimum atomic E-state index is -3.91. The molecule has 0 spiro atoms. The highest BCUT2D eigenvalue weighted by molar-refractivity contribution is 7.92. The van der Waals surface area contributed by atoms with Gasteiger partial charge in [-0.1, -0.05) is 0 Å². The molecule has 0 aliphatic rings. The number of H-pyrrole nitrogens is 2. The zero-order valence-electron chi connectivity index (χ0n) is 16.2. The molecule has 3 aromatic carbocycles. The molecule has 0 saturated carbocycles. The number of hydrogen-bond donors (Lipinski definition) is 4. The first-order valence-corrected chi connectivity index (χ1v) is 10.6. The molecule has 10 heteroatoms. The van der Waals surface area contributed by atoms with Crippen molar-refractivity contribution in [3.05, 3.63) is 88.1 Å². The van der Waals surface area contributed by atoms with Crippen LogP contribution < -0.4 is 15.7 Å². The summed E-state index contributed by atoms with van der Waals surface area (Å²) >= 11 is 0. The van der Waals surface area contributed by atoms with E-state index >= 15 is 0 Å². The van der Waals surface area contributed by atoms with Gasteiger partial charge in [-0.05, 0) is 73.2 Å². The maximum atomic E-state index is 13.2. The zero-order chi connectivity index (χ0) is 22.2. The van der Waals surface area contributed by atoms with E-state index in [-0.39, 0.29) is 10.6 Å². The Morgan fingerprint density at radius 2 is 1.65 bits per heavy atom. The Kier molecular flexibility index (Phi) is 5.07. The predicted molar refractivity (Wildman–Crippen MR) is 115 cm³/mol. The largest absolute Gasteiger partial charge is 0.323 e. The molecule has 0 saturated heterocycles. The van der Waals surface area contributed by atoms with Gasteiger partial charge in [0.2, 0.25) is 0 Å². The standard InChI is InChI=1S/C21H17FN4O4S/c1-12-10-14(22)4-8-17(12)23-20(27)13-2-5-15(6-3-13)26-31(29,30)16-7-9-18-19(11-16)25-21(28)24-18/h2-11,26H,1H3,(H,23,27)(H2,24,25,28). The van der Waals surface area contributed by atoms with Crippen LogP contribution in [0.4, 0.5) is 15.8 Å². The van der Waals surface area contributed by atoms with Crippen molar-refractivity contribution in [2.75, 3.05) is 10.0 Å². The maximum Gasteiger partial charge on any atom is 0.323 e. The van der Waals surface area contributed by atoms with E-state index in [0.717, 1.165) is 0 Å². The number of aromatic amines is 2. The number of fused-ring (bicyclic) bond motifs is 1. The number of aryl methyl sites for hydroxylation is 1. The van der Waals surface area contributed by atoms with Crippen LogP contribution in [0.5, 0.6) is 0 Å². The minimum Gasteiger partial charge on any atom is -0.322 e. The van der Waals surface area contributed by atoms with Gasteiger partial charge in [-0.2, -0.15) is 0 Å². The van der Waals surface area contributed by atoms with Crippen molar-refractivity contribution in [1.29, 1.82) is 0 Å². The van der Waals surface area contributed by atoms with Gasteiger partial charge in [-0.15, -0.1) is 0 Å². The number of benzene rings is 3. The summed E-state index contributed by atoms with van der Waals surface area (Å²) in [5.41, 5.74) is 2.07. The van der Waals surface area contributed by atoms with E-state index in [9.17, 15) is 22.4 Å². The summed E-state index contributed by atoms with van der Waals surface area (Å²) in [6.45, 7) is 1.68. The Labute approximate surface area is 176 Å². The lowest BCUT2D eigenvalue weighted by Gasteiger charge is -2.10. The molecule has 1 heterocycles. The van der Waals surface area contributed by atoms with Crippen molar-refractivity contribution < 1.29 is 17.6 Å². The summed E-state index contributed by atoms with van der Waals surface area (Å²) in [5.74, 6) is -0.805. The second-order valence-electron chi connectivity index (χ2n) is 6.88. The molecule has 0 unspecified atom stereocenters. The Balaban J connectivity index is 1.50. The van der Waals surface area contributed by atoms with Gasteiger partial charge >= 0.3 is 5.69 Å². The van der Waals surface area contributed by atoms with Gasteiger partial charge in [-0.3, -0.25) is 9.52 Å². The first-order chi connectivity index (χ1) is 14.7. The molecular formula is C21H17FN4O4S. The molecule has 0 bridgehead atoms. The second-order valence-corrected chi connectivity index (χ2v) is 8.57. The molecule has 0 aliphatic heterocycles. The molecule has 4 aromatic rings. The van der Waals surface area contributed by atoms with Gasteiger partial charge in [0.15, 0.2) is 0 Å². The fourth-order valence-electron chi connectivity index (χ4n) is 3.04. The number of carbonyl (C=O) groups excluding carboxylic acids is 1. The van der Waals surface area contributed by atoms with Crippen LogP contribution in [0.15, 0.2) is 70.4 Å². The fourth-order valence-corrected chi connectivity index (χ4v) is 4.13. The lowest BCUT2D eigenvalue weighted by molar-refractivity contribution is 0.102. The number of hydrogen-bond acceptors (Lipinski definition) is 4. The Bertz CT molecular complexity index is 1460. The lowest BCUT2D eigenvalue weighted by atomic mass is 10.1. The van der Waals surface area contributed by atoms with Crippen molar-refractivity contribution in [2.24, 2.45) is 0 Å². The average Bonchev–Trinajstić information content (AvgIpc) is 3.09. The van der Waals surface area contributed by atoms with Crippen molar-refractivity contribution in [3.63, 3.8) is 0 Å². The van der Waals surface area contributed by atoms with Crippen molar-refractivity contribution in [1.82, 2.24) is 9.97 Å². The molecule has 1 aromatic heterocycles. The molecule has 31 heavy (non-hydrogen) atoms. The van der Waals surface area contributed by atoms with Crippen LogP contribution >= 0.6 is 0 Å². The molecule has 0 aliphatic carbocycles. The summed E-state index contributed by atoms with van der Waals surface area (Å²) in [4.78, 5) is 28.8. The van der Waals surface area contributed by atoms with Crippen LogP contribution in [0, 0.1) is 12.7 Å². The number of imidazole rings is 1. The summed E-state index contributed by atoms with van der Waals surface area (Å²) in [6, 6.07) is 14.1. The summed E-state index contributed by atoms with van der Waals surface area (Å²) in [6.07, 6.45) is 0. The van der Waals surface area contributed by atoms with E-state index in [1.54, 1.807) is 6.92 Å². The van der Waals surface area contributed by atoms with Crippen molar-refractivity contribution in [2.45, 2.75) is 11.8 Å². The number of nitrogens with one attached hydrogen (secondary N) is 4. The van der Waals surface area contributed by atoms with E-state index in [1.807, 2.05) is 0 Å². The SMILES string of the molecule is Cc1cc(F)ccc1NC(=O)c1ccc(NS(=O)(=O)c2ccc3[nH]c(=O)[nH]c3c2)cc1. The fraction of sp³-hybridized carbons (Fsp3) is 0.0476. The monoisotopic (exact) mass is 440 g/mol. The highest BCUT2D eigenvalue weighted by Gasteiger charge is 2.16. The van der Waals surface area contributed by atoms with E-state index in [2.05, 4.69) is 20.0 Å². The Morgan fingerprint density at radius 1 is 0.935 bits per heavy atom. The topological polar surface area (TPSA) is 124 Å². The number of anilines is 2. The van der Waals surface area contributed by atoms with Crippen LogP contribution in [-0.4, -0.2) is 24.3 Å². The molecule has 0 atom stereocenters. The third-order valence-electron chi connectivity index (χ3n) is 4.63. The molecular weight excluding hydrogens is 423 g/mol. The molecule has 0 fully saturated rings. The third kappa shape index (κ3) is 4.33. The van der Waals surface area contributed by atoms with Gasteiger partial charge in [-0.25, -0.2) is 17.6 Å². The van der Waals surface area contributed by atoms with E-state index in [0.29, 0.717) is 27.8 Å². The van der Waals surface area contributed by atoms with Crippen LogP contribution in [0.1, 0.15) is 15.9 Å². The number of amides is 1. The highest BCUT2D eigenvalue weighted by atomic mass is 32.2. The zero-order valence-corrected chi connectivity index (χ0v) is 17.0. The predicted octanol–water partition coefficient (Wildman–Crippen LogP) is 3.36. The van der Waals surface area contributed by atoms with Gasteiger partial charge in [0.25, 0.3) is 15.9 Å². The first kappa shape index (κ1) is 20.4. The quantitative estimate of drug-likeness (QED) is 0.380. The van der Waals surface area contributed by atoms with Gasteiger partial charge in [0.05, 0.1) is 15.9 Å². The summed E-state index contributed by atoms with van der Waals surface area (Å²) in [5, 5.41) is 2.69. The highest BCUT2D eigenvalue weighted by Crippen LogP contribution is 2.21. The molecule has 0 radical (unpaired) electrons. The van der Waals surface area contributed by atoms with E-state index in [4.69, 9.17) is 0 Å². The third-order valence-corrected chi connectivity index (χ3v) is 6.01. The second kappa shape index (κ2) is 7.73. The van der Waals surface area contributed by atoms with Crippen molar-refractivity contribution in [3.8, 4) is 0 Å². The van der Waals surface area contributed by atoms with Crippen molar-refractivity contribution >= 4 is 38.3 Å². The van der Waals surface area contributed by atoms with Crippen LogP contribution in [0.2, 0.25) is 0 Å². The number of carbonyl (C=O) groups is 1. The molecule has 4 N–H and O–H groups in total. The molecule has 158 valence electrons. The maximum absolute atomic E-state index is 13.2. The van der Waals surface area contributed by atoms with E-state index < -0.39 is 27.4 Å². The first-order valence-electron chi connectivity index (χ1n) is 9.14. The number of sulfonamides is 1. The Morgan fingerprint density at radius 3 is 2.35 bits per heavy atom. The average molecular weight is 440 g/mol. The minimum absolute atomic E-state index is 0.0242. The summed E-state index contributed by atoms with van der Waals surface area (Å²) < 4.78 is 40.9. The van der Waals surface area contributed by atoms with Crippen LogP contribution in [0.3, 0.4) is 0 Å². The molecule has 8 nitrogen and oxygen atoms in total. The van der Waals surface area contributed by atoms with E-state index in [1.165, 1.54) is 60.7 Å². The summed E-state index contributed by atoms with van der Waals surface area (Å²) in [7, 11) is -3.91. The number of aromatic nitrogens is 2. The molecule has 4 rings (SSSR count). The van der Waals surface area contributed by atoms with Crippen LogP contribution in [0.25, 0.3) is 11.0 Å². The smallest absolute Gasteiger partial charge is 0.322 e. The van der Waals surface area contributed by atoms with Crippen LogP contribution in [-0.2, 0) is 10.0 Å². The number of rotatable bonds is 5. The molecule has 1 amide bonds. The van der Waals surface area contributed by atoms with Gasteiger partial charge < -0.3 is 15.3 Å². The normalized spacial score (nSPS) is 11.4. The number of halogens is 1.